The number of aryl methyl sites for hydroxylation is 1. The van der Waals surface area contributed by atoms with Gasteiger partial charge in [0.25, 0.3) is 0 Å². The third-order valence-corrected chi connectivity index (χ3v) is 3.08. The minimum absolute atomic E-state index is 0.111. The fourth-order valence-electron chi connectivity index (χ4n) is 2.14. The van der Waals surface area contributed by atoms with Crippen molar-refractivity contribution in [2.24, 2.45) is 0 Å². The molecule has 2 unspecified atom stereocenters. The van der Waals surface area contributed by atoms with E-state index in [1.807, 2.05) is 32.9 Å². The molecule has 0 aliphatic carbocycles. The molecule has 0 radical (unpaired) electrons. The third kappa shape index (κ3) is 4.00. The first-order valence-electron chi connectivity index (χ1n) is 6.55. The van der Waals surface area contributed by atoms with Gasteiger partial charge in [-0.15, -0.1) is 0 Å². The van der Waals surface area contributed by atoms with E-state index in [4.69, 9.17) is 9.47 Å². The van der Waals surface area contributed by atoms with Crippen LogP contribution in [0.2, 0.25) is 0 Å². The van der Waals surface area contributed by atoms with Crippen LogP contribution in [0.5, 0.6) is 5.75 Å². The van der Waals surface area contributed by atoms with Gasteiger partial charge in [0.05, 0.1) is 19.3 Å². The van der Waals surface area contributed by atoms with Crippen LogP contribution in [-0.2, 0) is 11.2 Å². The zero-order valence-corrected chi connectivity index (χ0v) is 11.8. The van der Waals surface area contributed by atoms with E-state index in [1.54, 1.807) is 7.11 Å². The average Bonchev–Trinajstić information content (AvgIpc) is 2.36. The molecule has 0 amide bonds. The first kappa shape index (κ1) is 15.0. The van der Waals surface area contributed by atoms with Crippen LogP contribution in [-0.4, -0.2) is 31.0 Å². The van der Waals surface area contributed by atoms with Crippen LogP contribution in [0.1, 0.15) is 31.4 Å². The molecule has 0 saturated heterocycles. The van der Waals surface area contributed by atoms with E-state index in [0.717, 1.165) is 17.7 Å². The average molecular weight is 252 g/mol. The van der Waals surface area contributed by atoms with Crippen LogP contribution in [0.4, 0.5) is 0 Å². The summed E-state index contributed by atoms with van der Waals surface area (Å²) in [5.74, 6) is 0.825. The first-order chi connectivity index (χ1) is 8.62. The molecule has 0 aliphatic heterocycles. The fraction of sp³-hybridized carbons (Fsp3) is 0.600. The number of aliphatic hydroxyl groups excluding tert-OH is 1. The summed E-state index contributed by atoms with van der Waals surface area (Å²) in [7, 11) is 1.65. The smallest absolute Gasteiger partial charge is 0.122 e. The van der Waals surface area contributed by atoms with E-state index in [1.165, 1.54) is 5.56 Å². The zero-order chi connectivity index (χ0) is 13.5. The molecule has 1 aromatic rings. The highest BCUT2D eigenvalue weighted by Gasteiger charge is 2.19. The summed E-state index contributed by atoms with van der Waals surface area (Å²) in [5, 5.41) is 10.2. The number of hydrogen-bond donors (Lipinski definition) is 1. The predicted octanol–water partition coefficient (Wildman–Crippen LogP) is 2.72. The molecule has 0 spiro atoms. The van der Waals surface area contributed by atoms with Gasteiger partial charge in [0.15, 0.2) is 0 Å². The van der Waals surface area contributed by atoms with E-state index in [0.29, 0.717) is 13.0 Å². The van der Waals surface area contributed by atoms with Crippen molar-refractivity contribution >= 4 is 0 Å². The lowest BCUT2D eigenvalue weighted by molar-refractivity contribution is -0.0336. The zero-order valence-electron chi connectivity index (χ0n) is 11.8. The van der Waals surface area contributed by atoms with E-state index >= 15 is 0 Å². The summed E-state index contributed by atoms with van der Waals surface area (Å²) in [5.41, 5.74) is 2.20. The van der Waals surface area contributed by atoms with Crippen LogP contribution >= 0.6 is 0 Å². The Hall–Kier alpha value is -1.06. The van der Waals surface area contributed by atoms with Crippen molar-refractivity contribution in [1.82, 2.24) is 0 Å². The topological polar surface area (TPSA) is 38.7 Å². The van der Waals surface area contributed by atoms with Crippen molar-refractivity contribution in [2.45, 2.75) is 45.8 Å². The lowest BCUT2D eigenvalue weighted by Gasteiger charge is -2.22. The number of benzene rings is 1. The molecule has 1 rings (SSSR count). The molecule has 0 aliphatic rings. The molecule has 102 valence electrons. The van der Waals surface area contributed by atoms with E-state index < -0.39 is 6.10 Å². The van der Waals surface area contributed by atoms with Crippen LogP contribution in [0.3, 0.4) is 0 Å². The fourth-order valence-corrected chi connectivity index (χ4v) is 2.14. The lowest BCUT2D eigenvalue weighted by atomic mass is 10.00. The Morgan fingerprint density at radius 3 is 2.56 bits per heavy atom. The van der Waals surface area contributed by atoms with Gasteiger partial charge in [-0.05, 0) is 31.9 Å². The van der Waals surface area contributed by atoms with E-state index in [-0.39, 0.29) is 6.10 Å². The molecular weight excluding hydrogens is 228 g/mol. The SMILES string of the molecule is CCOC(CC)C(O)Cc1cc(C)ccc1OC. The van der Waals surface area contributed by atoms with Gasteiger partial charge in [0, 0.05) is 13.0 Å². The van der Waals surface area contributed by atoms with Gasteiger partial charge in [-0.3, -0.25) is 0 Å². The normalized spacial score (nSPS) is 14.3. The molecule has 0 heterocycles. The Kier molecular flexibility index (Phi) is 6.16. The molecular formula is C15H24O3. The van der Waals surface area contributed by atoms with Gasteiger partial charge in [-0.25, -0.2) is 0 Å². The molecule has 0 aromatic heterocycles. The number of hydrogen-bond acceptors (Lipinski definition) is 3. The molecule has 2 atom stereocenters. The summed E-state index contributed by atoms with van der Waals surface area (Å²) in [6.07, 6.45) is 0.762. The maximum atomic E-state index is 10.2. The van der Waals surface area contributed by atoms with Gasteiger partial charge in [-0.1, -0.05) is 24.6 Å². The highest BCUT2D eigenvalue weighted by molar-refractivity contribution is 5.37. The number of ether oxygens (including phenoxy) is 2. The maximum Gasteiger partial charge on any atom is 0.122 e. The van der Waals surface area contributed by atoms with Crippen LogP contribution in [0.25, 0.3) is 0 Å². The standard InChI is InChI=1S/C15H24O3/c1-5-14(18-6-2)13(16)10-12-9-11(3)7-8-15(12)17-4/h7-9,13-14,16H,5-6,10H2,1-4H3. The molecule has 0 bridgehead atoms. The Balaban J connectivity index is 2.79. The van der Waals surface area contributed by atoms with Crippen LogP contribution in [0.15, 0.2) is 18.2 Å². The summed E-state index contributed by atoms with van der Waals surface area (Å²) in [6.45, 7) is 6.63. The lowest BCUT2D eigenvalue weighted by Crippen LogP contribution is -2.30. The Bertz CT molecular complexity index is 363. The molecule has 3 heteroatoms. The summed E-state index contributed by atoms with van der Waals surface area (Å²) >= 11 is 0. The first-order valence-corrected chi connectivity index (χ1v) is 6.55. The summed E-state index contributed by atoms with van der Waals surface area (Å²) in [4.78, 5) is 0. The van der Waals surface area contributed by atoms with E-state index in [9.17, 15) is 5.11 Å². The highest BCUT2D eigenvalue weighted by Crippen LogP contribution is 2.22. The van der Waals surface area contributed by atoms with Gasteiger partial charge in [-0.2, -0.15) is 0 Å². The van der Waals surface area contributed by atoms with Gasteiger partial charge >= 0.3 is 0 Å². The van der Waals surface area contributed by atoms with Gasteiger partial charge in [0.2, 0.25) is 0 Å². The summed E-state index contributed by atoms with van der Waals surface area (Å²) in [6, 6.07) is 6.01. The van der Waals surface area contributed by atoms with Crippen molar-refractivity contribution in [3.8, 4) is 5.75 Å². The predicted molar refractivity (Wildman–Crippen MR) is 73.1 cm³/mol. The van der Waals surface area contributed by atoms with Crippen molar-refractivity contribution < 1.29 is 14.6 Å². The van der Waals surface area contributed by atoms with Crippen molar-refractivity contribution in [2.75, 3.05) is 13.7 Å². The molecule has 1 aromatic carbocycles. The van der Waals surface area contributed by atoms with Crippen LogP contribution < -0.4 is 4.74 Å². The third-order valence-electron chi connectivity index (χ3n) is 3.08. The number of rotatable bonds is 7. The Labute approximate surface area is 110 Å². The largest absolute Gasteiger partial charge is 0.496 e. The number of methoxy groups -OCH3 is 1. The molecule has 0 fully saturated rings. The van der Waals surface area contributed by atoms with Crippen molar-refractivity contribution in [1.29, 1.82) is 0 Å². The van der Waals surface area contributed by atoms with Gasteiger partial charge in [0.1, 0.15) is 5.75 Å². The minimum atomic E-state index is -0.495. The van der Waals surface area contributed by atoms with E-state index in [2.05, 4.69) is 6.07 Å². The molecule has 3 nitrogen and oxygen atoms in total. The quantitative estimate of drug-likeness (QED) is 0.811. The van der Waals surface area contributed by atoms with Crippen molar-refractivity contribution in [3.63, 3.8) is 0 Å². The monoisotopic (exact) mass is 252 g/mol. The maximum absolute atomic E-state index is 10.2. The summed E-state index contributed by atoms with van der Waals surface area (Å²) < 4.78 is 10.9. The molecule has 1 N–H and O–H groups in total. The highest BCUT2D eigenvalue weighted by atomic mass is 16.5. The second kappa shape index (κ2) is 7.39. The Morgan fingerprint density at radius 1 is 1.28 bits per heavy atom. The second-order valence-corrected chi connectivity index (χ2v) is 4.49. The van der Waals surface area contributed by atoms with Crippen LogP contribution in [0, 0.1) is 6.92 Å². The van der Waals surface area contributed by atoms with Crippen molar-refractivity contribution in [3.05, 3.63) is 29.3 Å². The molecule has 0 saturated carbocycles. The second-order valence-electron chi connectivity index (χ2n) is 4.49. The molecule has 18 heavy (non-hydrogen) atoms. The Morgan fingerprint density at radius 2 is 2.00 bits per heavy atom. The number of aliphatic hydroxyl groups is 1. The minimum Gasteiger partial charge on any atom is -0.496 e. The van der Waals surface area contributed by atoms with Gasteiger partial charge < -0.3 is 14.6 Å².